The van der Waals surface area contributed by atoms with Crippen molar-refractivity contribution >= 4 is 17.8 Å². The van der Waals surface area contributed by atoms with Gasteiger partial charge in [0.05, 0.1) is 12.6 Å². The molecule has 4 heterocycles. The molecule has 0 aliphatic carbocycles. The van der Waals surface area contributed by atoms with Crippen LogP contribution in [-0.4, -0.2) is 75.7 Å². The number of aromatic amines is 1. The number of likely N-dealkylation sites (tertiary alicyclic amines) is 1. The zero-order valence-corrected chi connectivity index (χ0v) is 20.1. The van der Waals surface area contributed by atoms with Crippen LogP contribution in [0.3, 0.4) is 0 Å². The topological polar surface area (TPSA) is 108 Å². The van der Waals surface area contributed by atoms with Crippen LogP contribution in [-0.2, 0) is 16.0 Å². The van der Waals surface area contributed by atoms with Crippen LogP contribution in [0, 0.1) is 11.8 Å². The zero-order chi connectivity index (χ0) is 23.6. The van der Waals surface area contributed by atoms with Gasteiger partial charge in [0.2, 0.25) is 0 Å². The number of hydrogen-bond acceptors (Lipinski definition) is 5. The fraction of sp³-hybridized carbons (Fsp3) is 0.750. The van der Waals surface area contributed by atoms with Gasteiger partial charge in [-0.05, 0) is 56.4 Å². The van der Waals surface area contributed by atoms with Crippen molar-refractivity contribution in [2.75, 3.05) is 26.2 Å². The fourth-order valence-corrected chi connectivity index (χ4v) is 5.60. The lowest BCUT2D eigenvalue weighted by molar-refractivity contribution is -0.135. The number of carbonyl (C=O) groups excluding carboxylic acids is 3. The molecular weight excluding hydrogens is 422 g/mol. The number of H-pyrrole nitrogens is 1. The van der Waals surface area contributed by atoms with Crippen LogP contribution >= 0.6 is 0 Å². The highest BCUT2D eigenvalue weighted by Crippen LogP contribution is 2.37. The maximum atomic E-state index is 13.5. The van der Waals surface area contributed by atoms with Gasteiger partial charge in [-0.1, -0.05) is 27.2 Å². The van der Waals surface area contributed by atoms with Crippen LogP contribution in [0.25, 0.3) is 0 Å². The van der Waals surface area contributed by atoms with Crippen molar-refractivity contribution in [2.45, 2.75) is 77.4 Å². The Labute approximate surface area is 195 Å². The van der Waals surface area contributed by atoms with Crippen LogP contribution in [0.2, 0.25) is 0 Å². The maximum Gasteiger partial charge on any atom is 0.325 e. The van der Waals surface area contributed by atoms with E-state index in [9.17, 15) is 14.4 Å². The van der Waals surface area contributed by atoms with Crippen LogP contribution in [0.15, 0.2) is 6.07 Å². The first-order valence-electron chi connectivity index (χ1n) is 12.4. The molecule has 0 bridgehead atoms. The standard InChI is InChI=1S/C24H37N5O4/c1-4-9-24(22(31)29(23(32)25-24)15-19-6-5-12-33-19)17-7-10-28(11-8-17)21(30)20-14-18(26-27-20)13-16(2)3/h14,16-17,19H,4-13,15H2,1-3H3,(H,25,32)(H,26,27)/t19-,24+/m1/s1. The van der Waals surface area contributed by atoms with E-state index >= 15 is 0 Å². The number of hydrogen-bond donors (Lipinski definition) is 2. The van der Waals surface area contributed by atoms with E-state index in [1.165, 1.54) is 4.90 Å². The molecule has 1 aromatic heterocycles. The van der Waals surface area contributed by atoms with E-state index < -0.39 is 5.54 Å². The molecule has 9 heteroatoms. The first kappa shape index (κ1) is 23.7. The van der Waals surface area contributed by atoms with Crippen molar-refractivity contribution in [1.29, 1.82) is 0 Å². The summed E-state index contributed by atoms with van der Waals surface area (Å²) in [6.07, 6.45) is 5.39. The molecule has 3 fully saturated rings. The van der Waals surface area contributed by atoms with Gasteiger partial charge in [-0.15, -0.1) is 0 Å². The number of amides is 4. The molecule has 3 saturated heterocycles. The van der Waals surface area contributed by atoms with E-state index in [1.54, 1.807) is 0 Å². The Morgan fingerprint density at radius 1 is 1.27 bits per heavy atom. The van der Waals surface area contributed by atoms with Crippen molar-refractivity contribution in [3.05, 3.63) is 17.5 Å². The number of nitrogens with one attached hydrogen (secondary N) is 2. The monoisotopic (exact) mass is 459 g/mol. The van der Waals surface area contributed by atoms with Gasteiger partial charge in [0, 0.05) is 25.4 Å². The predicted octanol–water partition coefficient (Wildman–Crippen LogP) is 2.73. The first-order valence-corrected chi connectivity index (χ1v) is 12.4. The SMILES string of the molecule is CCC[C@@]1(C2CCN(C(=O)c3cc(CC(C)C)[nH]n3)CC2)NC(=O)N(C[C@H]2CCCO2)C1=O. The van der Waals surface area contributed by atoms with Gasteiger partial charge in [-0.2, -0.15) is 5.10 Å². The number of aromatic nitrogens is 2. The third kappa shape index (κ3) is 4.78. The quantitative estimate of drug-likeness (QED) is 0.581. The Morgan fingerprint density at radius 3 is 2.67 bits per heavy atom. The van der Waals surface area contributed by atoms with E-state index in [0.29, 0.717) is 57.1 Å². The molecule has 0 aromatic carbocycles. The highest BCUT2D eigenvalue weighted by Gasteiger charge is 2.55. The number of carbonyl (C=O) groups is 3. The van der Waals surface area contributed by atoms with Gasteiger partial charge < -0.3 is 15.0 Å². The molecule has 3 aliphatic heterocycles. The lowest BCUT2D eigenvalue weighted by Gasteiger charge is -2.40. The molecule has 0 unspecified atom stereocenters. The minimum absolute atomic E-state index is 0.00290. The van der Waals surface area contributed by atoms with E-state index in [2.05, 4.69) is 29.4 Å². The summed E-state index contributed by atoms with van der Waals surface area (Å²) in [5, 5.41) is 10.3. The molecule has 33 heavy (non-hydrogen) atoms. The Kier molecular flexibility index (Phi) is 7.07. The summed E-state index contributed by atoms with van der Waals surface area (Å²) in [6.45, 7) is 8.41. The Bertz CT molecular complexity index is 870. The van der Waals surface area contributed by atoms with Gasteiger partial charge in [-0.3, -0.25) is 19.6 Å². The summed E-state index contributed by atoms with van der Waals surface area (Å²) in [4.78, 5) is 42.5. The zero-order valence-electron chi connectivity index (χ0n) is 20.1. The Hall–Kier alpha value is -2.42. The van der Waals surface area contributed by atoms with Crippen molar-refractivity contribution in [2.24, 2.45) is 11.8 Å². The molecule has 0 saturated carbocycles. The number of piperidine rings is 1. The van der Waals surface area contributed by atoms with Crippen molar-refractivity contribution < 1.29 is 19.1 Å². The largest absolute Gasteiger partial charge is 0.376 e. The third-order valence-corrected chi connectivity index (χ3v) is 7.21. The first-order chi connectivity index (χ1) is 15.8. The molecule has 4 rings (SSSR count). The molecule has 9 nitrogen and oxygen atoms in total. The fourth-order valence-electron chi connectivity index (χ4n) is 5.60. The maximum absolute atomic E-state index is 13.5. The van der Waals surface area contributed by atoms with Crippen LogP contribution in [0.5, 0.6) is 0 Å². The second-order valence-corrected chi connectivity index (χ2v) is 10.1. The van der Waals surface area contributed by atoms with E-state index in [-0.39, 0.29) is 29.9 Å². The van der Waals surface area contributed by atoms with Crippen molar-refractivity contribution in [1.82, 2.24) is 25.3 Å². The average Bonchev–Trinajstić information content (AvgIpc) is 3.52. The van der Waals surface area contributed by atoms with E-state index in [1.807, 2.05) is 17.9 Å². The second-order valence-electron chi connectivity index (χ2n) is 10.1. The van der Waals surface area contributed by atoms with Gasteiger partial charge in [0.1, 0.15) is 11.2 Å². The highest BCUT2D eigenvalue weighted by molar-refractivity contribution is 6.07. The number of rotatable bonds is 8. The minimum Gasteiger partial charge on any atom is -0.376 e. The molecule has 182 valence electrons. The second kappa shape index (κ2) is 9.83. The number of imide groups is 1. The van der Waals surface area contributed by atoms with E-state index in [4.69, 9.17) is 4.74 Å². The van der Waals surface area contributed by atoms with Gasteiger partial charge >= 0.3 is 6.03 Å². The molecule has 0 radical (unpaired) electrons. The number of nitrogens with zero attached hydrogens (tertiary/aromatic N) is 3. The Balaban J connectivity index is 1.41. The minimum atomic E-state index is -0.879. The molecule has 2 atom stereocenters. The smallest absolute Gasteiger partial charge is 0.325 e. The molecule has 3 aliphatic rings. The highest BCUT2D eigenvalue weighted by atomic mass is 16.5. The summed E-state index contributed by atoms with van der Waals surface area (Å²) in [5.41, 5.74) is 0.534. The lowest BCUT2D eigenvalue weighted by atomic mass is 9.74. The summed E-state index contributed by atoms with van der Waals surface area (Å²) >= 11 is 0. The molecule has 0 spiro atoms. The number of ether oxygens (including phenoxy) is 1. The molecular formula is C24H37N5O4. The predicted molar refractivity (Wildman–Crippen MR) is 123 cm³/mol. The van der Waals surface area contributed by atoms with E-state index in [0.717, 1.165) is 31.4 Å². The van der Waals surface area contributed by atoms with Gasteiger partial charge in [0.15, 0.2) is 0 Å². The van der Waals surface area contributed by atoms with Crippen LogP contribution in [0.4, 0.5) is 4.79 Å². The van der Waals surface area contributed by atoms with Gasteiger partial charge in [0.25, 0.3) is 11.8 Å². The summed E-state index contributed by atoms with van der Waals surface area (Å²) in [6, 6.07) is 1.54. The van der Waals surface area contributed by atoms with Crippen molar-refractivity contribution in [3.63, 3.8) is 0 Å². The molecule has 4 amide bonds. The summed E-state index contributed by atoms with van der Waals surface area (Å²) in [7, 11) is 0. The summed E-state index contributed by atoms with van der Waals surface area (Å²) in [5.74, 6) is 0.285. The normalized spacial score (nSPS) is 26.5. The summed E-state index contributed by atoms with van der Waals surface area (Å²) < 4.78 is 5.66. The molecule has 2 N–H and O–H groups in total. The lowest BCUT2D eigenvalue weighted by Crippen LogP contribution is -2.56. The average molecular weight is 460 g/mol. The van der Waals surface area contributed by atoms with Gasteiger partial charge in [-0.25, -0.2) is 4.79 Å². The van der Waals surface area contributed by atoms with Crippen molar-refractivity contribution in [3.8, 4) is 0 Å². The Morgan fingerprint density at radius 2 is 2.03 bits per heavy atom. The van der Waals surface area contributed by atoms with Crippen LogP contribution in [0.1, 0.15) is 75.5 Å². The third-order valence-electron chi connectivity index (χ3n) is 7.21. The molecule has 1 aromatic rings. The number of urea groups is 1. The van der Waals surface area contributed by atoms with Crippen LogP contribution < -0.4 is 5.32 Å².